The third-order valence-corrected chi connectivity index (χ3v) is 3.14. The minimum Gasteiger partial charge on any atom is -0.462 e. The van der Waals surface area contributed by atoms with E-state index in [0.717, 1.165) is 11.5 Å². The number of ether oxygens (including phenoxy) is 2. The van der Waals surface area contributed by atoms with Crippen LogP contribution in [-0.2, 0) is 9.47 Å². The summed E-state index contributed by atoms with van der Waals surface area (Å²) in [5, 5.41) is 7.96. The first-order valence-corrected chi connectivity index (χ1v) is 6.87. The molecule has 0 unspecified atom stereocenters. The first-order chi connectivity index (χ1) is 10.1. The highest BCUT2D eigenvalue weighted by atomic mass is 32.1. The third-order valence-electron chi connectivity index (χ3n) is 2.43. The molecule has 10 heteroatoms. The zero-order valence-corrected chi connectivity index (χ0v) is 12.2. The summed E-state index contributed by atoms with van der Waals surface area (Å²) in [5.74, 6) is -1.17. The molecule has 0 amide bonds. The summed E-state index contributed by atoms with van der Waals surface area (Å²) >= 11 is 0.916. The molecule has 0 bridgehead atoms. The summed E-state index contributed by atoms with van der Waals surface area (Å²) in [6.45, 7) is 3.79. The van der Waals surface area contributed by atoms with E-state index in [0.29, 0.717) is 0 Å². The number of hydrogen-bond acceptors (Lipinski definition) is 9. The van der Waals surface area contributed by atoms with Crippen molar-refractivity contribution in [3.8, 4) is 5.00 Å². The second-order valence-corrected chi connectivity index (χ2v) is 4.46. The Hall–Kier alpha value is -2.49. The predicted octanol–water partition coefficient (Wildman–Crippen LogP) is 0.659. The van der Waals surface area contributed by atoms with Crippen molar-refractivity contribution in [3.63, 3.8) is 0 Å². The Morgan fingerprint density at radius 1 is 1.29 bits per heavy atom. The molecule has 0 saturated heterocycles. The van der Waals surface area contributed by atoms with Crippen LogP contribution in [0.15, 0.2) is 6.20 Å². The number of carbonyl (C=O) groups excluding carboxylic acids is 2. The molecule has 0 fully saturated rings. The van der Waals surface area contributed by atoms with Crippen LogP contribution in [0.4, 0.5) is 5.82 Å². The van der Waals surface area contributed by atoms with Gasteiger partial charge in [0.25, 0.3) is 0 Å². The summed E-state index contributed by atoms with van der Waals surface area (Å²) < 4.78 is 14.6. The van der Waals surface area contributed by atoms with Gasteiger partial charge in [0, 0.05) is 11.5 Å². The minimum absolute atomic E-state index is 0.00735. The summed E-state index contributed by atoms with van der Waals surface area (Å²) in [6.07, 6.45) is 1.27. The average molecular weight is 311 g/mol. The Morgan fingerprint density at radius 3 is 2.62 bits per heavy atom. The number of carbonyl (C=O) groups is 2. The van der Waals surface area contributed by atoms with Crippen LogP contribution < -0.4 is 5.73 Å². The molecule has 0 spiro atoms. The van der Waals surface area contributed by atoms with Crippen molar-refractivity contribution in [1.29, 1.82) is 0 Å². The largest absolute Gasteiger partial charge is 0.462 e. The van der Waals surface area contributed by atoms with Gasteiger partial charge in [0.15, 0.2) is 5.00 Å². The molecule has 2 rings (SSSR count). The van der Waals surface area contributed by atoms with Crippen molar-refractivity contribution >= 4 is 29.3 Å². The smallest absolute Gasteiger partial charge is 0.362 e. The molecule has 2 heterocycles. The van der Waals surface area contributed by atoms with E-state index in [1.165, 1.54) is 10.9 Å². The Morgan fingerprint density at radius 2 is 1.95 bits per heavy atom. The number of hydrogen-bond donors (Lipinski definition) is 1. The number of nitrogens with two attached hydrogens (primary N) is 1. The Balaban J connectivity index is 2.38. The zero-order valence-electron chi connectivity index (χ0n) is 11.4. The number of anilines is 1. The topological polar surface area (TPSA) is 122 Å². The number of esters is 2. The van der Waals surface area contributed by atoms with Gasteiger partial charge in [-0.1, -0.05) is 4.49 Å². The summed E-state index contributed by atoms with van der Waals surface area (Å²) in [5.41, 5.74) is 5.97. The maximum atomic E-state index is 11.8. The molecule has 0 aliphatic heterocycles. The third kappa shape index (κ3) is 2.84. The van der Waals surface area contributed by atoms with Crippen LogP contribution in [0.25, 0.3) is 5.00 Å². The van der Waals surface area contributed by atoms with Gasteiger partial charge >= 0.3 is 11.9 Å². The first kappa shape index (κ1) is 14.9. The van der Waals surface area contributed by atoms with E-state index >= 15 is 0 Å². The lowest BCUT2D eigenvalue weighted by Gasteiger charge is -2.04. The molecule has 21 heavy (non-hydrogen) atoms. The van der Waals surface area contributed by atoms with Crippen molar-refractivity contribution in [2.24, 2.45) is 0 Å². The average Bonchev–Trinajstić information content (AvgIpc) is 3.05. The van der Waals surface area contributed by atoms with E-state index in [4.69, 9.17) is 15.2 Å². The second-order valence-electron chi connectivity index (χ2n) is 3.72. The molecular weight excluding hydrogens is 298 g/mol. The van der Waals surface area contributed by atoms with Crippen LogP contribution in [0.3, 0.4) is 0 Å². The van der Waals surface area contributed by atoms with Gasteiger partial charge in [-0.05, 0) is 13.8 Å². The molecule has 0 aliphatic rings. The van der Waals surface area contributed by atoms with Gasteiger partial charge in [-0.2, -0.15) is 5.10 Å². The van der Waals surface area contributed by atoms with Gasteiger partial charge in [-0.15, -0.1) is 5.10 Å². The van der Waals surface area contributed by atoms with Crippen LogP contribution in [-0.4, -0.2) is 44.5 Å². The van der Waals surface area contributed by atoms with Crippen molar-refractivity contribution in [2.45, 2.75) is 13.8 Å². The molecule has 0 saturated carbocycles. The van der Waals surface area contributed by atoms with Crippen LogP contribution in [0.1, 0.15) is 34.7 Å². The van der Waals surface area contributed by atoms with Crippen LogP contribution in [0.2, 0.25) is 0 Å². The van der Waals surface area contributed by atoms with Gasteiger partial charge in [0.2, 0.25) is 5.69 Å². The summed E-state index contributed by atoms with van der Waals surface area (Å²) in [7, 11) is 0. The number of nitrogen functional groups attached to an aromatic ring is 1. The fourth-order valence-electron chi connectivity index (χ4n) is 1.54. The van der Waals surface area contributed by atoms with Crippen LogP contribution in [0, 0.1) is 0 Å². The van der Waals surface area contributed by atoms with Crippen LogP contribution in [0.5, 0.6) is 0 Å². The van der Waals surface area contributed by atoms with Crippen LogP contribution >= 0.6 is 11.5 Å². The molecule has 0 aliphatic carbocycles. The SMILES string of the molecule is CCOC(=O)c1cnn(-c2snnc2C(=O)OCC)c1N. The van der Waals surface area contributed by atoms with E-state index in [1.807, 2.05) is 0 Å². The van der Waals surface area contributed by atoms with Gasteiger partial charge < -0.3 is 15.2 Å². The highest BCUT2D eigenvalue weighted by molar-refractivity contribution is 7.08. The second kappa shape index (κ2) is 6.31. The van der Waals surface area contributed by atoms with Crippen molar-refractivity contribution in [2.75, 3.05) is 18.9 Å². The number of nitrogens with zero attached hydrogens (tertiary/aromatic N) is 4. The summed E-state index contributed by atoms with van der Waals surface area (Å²) in [6, 6.07) is 0. The molecule has 9 nitrogen and oxygen atoms in total. The monoisotopic (exact) mass is 311 g/mol. The Labute approximate surface area is 123 Å². The standard InChI is InChI=1S/C11H13N5O4S/c1-3-19-10(17)6-5-13-16(8(6)12)9-7(14-15-21-9)11(18)20-4-2/h5H,3-4,12H2,1-2H3. The predicted molar refractivity (Wildman–Crippen MR) is 73.4 cm³/mol. The van der Waals surface area contributed by atoms with E-state index in [1.54, 1.807) is 13.8 Å². The highest BCUT2D eigenvalue weighted by Crippen LogP contribution is 2.23. The van der Waals surface area contributed by atoms with Gasteiger partial charge in [-0.25, -0.2) is 14.3 Å². The maximum Gasteiger partial charge on any atom is 0.362 e. The Bertz CT molecular complexity index is 665. The summed E-state index contributed by atoms with van der Waals surface area (Å²) in [4.78, 5) is 23.5. The van der Waals surface area contributed by atoms with E-state index in [2.05, 4.69) is 14.7 Å². The lowest BCUT2D eigenvalue weighted by Crippen LogP contribution is -2.12. The molecule has 2 N–H and O–H groups in total. The van der Waals surface area contributed by atoms with Crippen molar-refractivity contribution in [1.82, 2.24) is 19.4 Å². The molecule has 2 aromatic rings. The van der Waals surface area contributed by atoms with E-state index in [9.17, 15) is 9.59 Å². The number of rotatable bonds is 5. The van der Waals surface area contributed by atoms with Gasteiger partial charge in [0.05, 0.1) is 19.4 Å². The minimum atomic E-state index is -0.631. The molecule has 112 valence electrons. The Kier molecular flexibility index (Phi) is 4.48. The highest BCUT2D eigenvalue weighted by Gasteiger charge is 2.24. The molecule has 0 atom stereocenters. The lowest BCUT2D eigenvalue weighted by atomic mass is 10.3. The van der Waals surface area contributed by atoms with Gasteiger partial charge in [-0.3, -0.25) is 0 Å². The fraction of sp³-hybridized carbons (Fsp3) is 0.364. The quantitative estimate of drug-likeness (QED) is 0.799. The normalized spacial score (nSPS) is 10.4. The maximum absolute atomic E-state index is 11.8. The lowest BCUT2D eigenvalue weighted by molar-refractivity contribution is 0.0513. The molecule has 0 radical (unpaired) electrons. The van der Waals surface area contributed by atoms with Crippen molar-refractivity contribution < 1.29 is 19.1 Å². The molecular formula is C11H13N5O4S. The fourth-order valence-corrected chi connectivity index (χ4v) is 2.17. The van der Waals surface area contributed by atoms with E-state index in [-0.39, 0.29) is 35.3 Å². The van der Waals surface area contributed by atoms with Crippen molar-refractivity contribution in [3.05, 3.63) is 17.5 Å². The van der Waals surface area contributed by atoms with E-state index < -0.39 is 11.9 Å². The van der Waals surface area contributed by atoms with Gasteiger partial charge in [0.1, 0.15) is 11.4 Å². The number of aromatic nitrogens is 4. The molecule has 0 aromatic carbocycles. The zero-order chi connectivity index (χ0) is 15.4. The first-order valence-electron chi connectivity index (χ1n) is 6.10. The molecule has 2 aromatic heterocycles.